The first-order valence-corrected chi connectivity index (χ1v) is 12.5. The van der Waals surface area contributed by atoms with E-state index in [1.807, 2.05) is 0 Å². The van der Waals surface area contributed by atoms with E-state index in [-0.39, 0.29) is 0 Å². The Balaban J connectivity index is 7.92. The smallest absolute Gasteiger partial charge is 0.218 e. The number of hydrogen-bond donors (Lipinski definition) is 1. The maximum Gasteiger partial charge on any atom is 0.460 e. The summed E-state index contributed by atoms with van der Waals surface area (Å²) >= 11 is 0.443. The van der Waals surface area contributed by atoms with E-state index >= 15 is 0 Å². The van der Waals surface area contributed by atoms with E-state index in [9.17, 15) is 171 Å². The predicted octanol–water partition coefficient (Wildman–Crippen LogP) is 12.9. The van der Waals surface area contributed by atoms with Crippen molar-refractivity contribution in [1.29, 1.82) is 0 Å². The minimum atomic E-state index is -10.3. The molecule has 0 aromatic heterocycles. The van der Waals surface area contributed by atoms with Crippen molar-refractivity contribution in [2.24, 2.45) is 0 Å². The number of halogens is 39. The lowest BCUT2D eigenvalue weighted by atomic mass is 9.82. The van der Waals surface area contributed by atoms with Crippen LogP contribution in [-0.2, 0) is 0 Å². The van der Waals surface area contributed by atoms with Crippen LogP contribution in [0.15, 0.2) is 0 Å². The summed E-state index contributed by atoms with van der Waals surface area (Å²) in [5, 5.41) is -9.34. The van der Waals surface area contributed by atoms with Gasteiger partial charge in [0.05, 0.1) is 0 Å². The summed E-state index contributed by atoms with van der Waals surface area (Å²) in [6.07, 6.45) is -16.9. The Bertz CT molecular complexity index is 1420. The molecule has 0 saturated carbocycles. The van der Waals surface area contributed by atoms with Crippen molar-refractivity contribution in [3.8, 4) is 0 Å². The van der Waals surface area contributed by atoms with Crippen molar-refractivity contribution in [3.05, 3.63) is 0 Å². The molecule has 0 nitrogen and oxygen atoms in total. The summed E-state index contributed by atoms with van der Waals surface area (Å²) < 4.78 is 522. The van der Waals surface area contributed by atoms with E-state index < -0.39 is 112 Å². The van der Waals surface area contributed by atoms with Gasteiger partial charge >= 0.3 is 107 Å². The molecule has 1 atom stereocenters. The quantitative estimate of drug-likeness (QED) is 0.116. The Morgan fingerprint density at radius 3 is 0.322 bits per heavy atom. The van der Waals surface area contributed by atoms with Gasteiger partial charge in [0.25, 0.3) is 5.00 Å². The summed E-state index contributed by atoms with van der Waals surface area (Å²) in [6.45, 7) is 0. The fourth-order valence-corrected chi connectivity index (χ4v) is 3.62. The highest BCUT2D eigenvalue weighted by atomic mass is 32.1. The maximum absolute atomic E-state index is 14.4. The van der Waals surface area contributed by atoms with Gasteiger partial charge in [-0.1, -0.05) is 0 Å². The molecular formula is C19HF39S. The molecule has 356 valence electrons. The van der Waals surface area contributed by atoms with Gasteiger partial charge in [-0.2, -0.15) is 167 Å². The summed E-state index contributed by atoms with van der Waals surface area (Å²) in [4.78, 5) is 0. The molecule has 0 heterocycles. The molecule has 0 rings (SSSR count). The van der Waals surface area contributed by atoms with Gasteiger partial charge in [-0.15, -0.1) is 12.6 Å². The number of thiol groups is 1. The SMILES string of the molecule is FC(F)(F)C(F)(F)C(F)(F)C(F)(F)C(F)(F)C(F)(F)C(F)(F)C(F)(F)C(F)(F)C(F)(F)C(F)(S)C(F)(F)C(F)(F)C(F)(F)C(F)(F)C(F)(F)C(F)(F)C(F)(F)C(F)(F)F. The standard InChI is InChI=1S/C19HF39S/c20-1(21,3(24,25)7(32,33)11(40,41)15(48,49)18(53,54)55)2(22,23)5(28,29)9(36,37)13(44,45)17(52,59)14(46,47)10(38,39)6(30,31)4(26,27)8(34,35)12(42,43)16(50,51)19(56,57)58/h59H. The van der Waals surface area contributed by atoms with E-state index in [1.54, 1.807) is 0 Å². The first-order chi connectivity index (χ1) is 24.5. The van der Waals surface area contributed by atoms with Crippen molar-refractivity contribution in [3.63, 3.8) is 0 Å². The molecule has 0 saturated heterocycles. The molecule has 0 aromatic carbocycles. The highest BCUT2D eigenvalue weighted by Gasteiger charge is 3.02. The zero-order valence-electron chi connectivity index (χ0n) is 24.7. The second kappa shape index (κ2) is 13.3. The molecule has 0 bridgehead atoms. The average Bonchev–Trinajstić information content (AvgIpc) is 2.98. The fraction of sp³-hybridized carbons (Fsp3) is 1.00. The molecule has 0 amide bonds. The van der Waals surface area contributed by atoms with Crippen LogP contribution < -0.4 is 0 Å². The minimum absolute atomic E-state index is 0.443. The molecule has 0 aliphatic carbocycles. The summed E-state index contributed by atoms with van der Waals surface area (Å²) in [5.74, 6) is -158. The Kier molecular flexibility index (Phi) is 12.8. The zero-order chi connectivity index (χ0) is 49.5. The maximum atomic E-state index is 14.4. The van der Waals surface area contributed by atoms with Gasteiger partial charge in [0.1, 0.15) is 0 Å². The van der Waals surface area contributed by atoms with Crippen LogP contribution >= 0.6 is 12.6 Å². The highest BCUT2D eigenvalue weighted by molar-refractivity contribution is 7.81. The van der Waals surface area contributed by atoms with Crippen molar-refractivity contribution >= 4 is 12.6 Å². The highest BCUT2D eigenvalue weighted by Crippen LogP contribution is 2.71. The van der Waals surface area contributed by atoms with E-state index in [0.29, 0.717) is 12.6 Å². The second-order valence-corrected chi connectivity index (χ2v) is 11.4. The normalized spacial score (nSPS) is 18.3. The molecule has 0 aromatic rings. The van der Waals surface area contributed by atoms with Crippen molar-refractivity contribution < 1.29 is 171 Å². The molecule has 0 radical (unpaired) electrons. The third-order valence-electron chi connectivity index (χ3n) is 7.06. The molecule has 40 heteroatoms. The van der Waals surface area contributed by atoms with Crippen LogP contribution in [0, 0.1) is 0 Å². The fourth-order valence-electron chi connectivity index (χ4n) is 3.34. The monoisotopic (exact) mass is 1000 g/mol. The summed E-state index contributed by atoms with van der Waals surface area (Å²) in [5.41, 5.74) is 0. The lowest BCUT2D eigenvalue weighted by molar-refractivity contribution is -0.481. The lowest BCUT2D eigenvalue weighted by Crippen LogP contribution is -2.80. The van der Waals surface area contributed by atoms with Crippen molar-refractivity contribution in [2.45, 2.75) is 112 Å². The zero-order valence-corrected chi connectivity index (χ0v) is 25.6. The van der Waals surface area contributed by atoms with Crippen LogP contribution in [0.4, 0.5) is 171 Å². The van der Waals surface area contributed by atoms with E-state index in [2.05, 4.69) is 0 Å². The third-order valence-corrected chi connectivity index (χ3v) is 7.63. The Morgan fingerprint density at radius 2 is 0.220 bits per heavy atom. The van der Waals surface area contributed by atoms with Crippen molar-refractivity contribution in [1.82, 2.24) is 0 Å². The number of hydrogen-bond acceptors (Lipinski definition) is 1. The Morgan fingerprint density at radius 1 is 0.136 bits per heavy atom. The van der Waals surface area contributed by atoms with Gasteiger partial charge < -0.3 is 0 Å². The molecule has 0 aliphatic heterocycles. The largest absolute Gasteiger partial charge is 0.460 e. The van der Waals surface area contributed by atoms with Gasteiger partial charge in [-0.25, -0.2) is 4.39 Å². The molecule has 1 unspecified atom stereocenters. The first-order valence-electron chi connectivity index (χ1n) is 12.1. The van der Waals surface area contributed by atoms with Crippen LogP contribution in [0.2, 0.25) is 0 Å². The molecule has 59 heavy (non-hydrogen) atoms. The van der Waals surface area contributed by atoms with Gasteiger partial charge in [-0.3, -0.25) is 0 Å². The van der Waals surface area contributed by atoms with Crippen molar-refractivity contribution in [2.75, 3.05) is 0 Å². The van der Waals surface area contributed by atoms with Crippen LogP contribution in [-0.4, -0.2) is 112 Å². The Hall–Kier alpha value is -2.38. The van der Waals surface area contributed by atoms with Gasteiger partial charge in [-0.05, 0) is 0 Å². The van der Waals surface area contributed by atoms with Gasteiger partial charge in [0, 0.05) is 0 Å². The predicted molar refractivity (Wildman–Crippen MR) is 104 cm³/mol. The van der Waals surface area contributed by atoms with Crippen LogP contribution in [0.3, 0.4) is 0 Å². The number of rotatable bonds is 16. The topological polar surface area (TPSA) is 0 Å². The average molecular weight is 1000 g/mol. The van der Waals surface area contributed by atoms with Crippen LogP contribution in [0.25, 0.3) is 0 Å². The van der Waals surface area contributed by atoms with Gasteiger partial charge in [0.15, 0.2) is 0 Å². The first kappa shape index (κ1) is 56.6. The Labute approximate surface area is 297 Å². The summed E-state index contributed by atoms with van der Waals surface area (Å²) in [6, 6.07) is 0. The minimum Gasteiger partial charge on any atom is -0.218 e. The molecule has 0 N–H and O–H groups in total. The molecular weight excluding hydrogens is 1000 g/mol. The summed E-state index contributed by atoms with van der Waals surface area (Å²) in [7, 11) is 0. The molecule has 0 spiro atoms. The lowest BCUT2D eigenvalue weighted by Gasteiger charge is -2.48. The van der Waals surface area contributed by atoms with E-state index in [1.165, 1.54) is 0 Å². The van der Waals surface area contributed by atoms with E-state index in [4.69, 9.17) is 0 Å². The van der Waals surface area contributed by atoms with E-state index in [0.717, 1.165) is 0 Å². The third kappa shape index (κ3) is 6.28. The van der Waals surface area contributed by atoms with Gasteiger partial charge in [0.2, 0.25) is 0 Å². The molecule has 0 fully saturated rings. The van der Waals surface area contributed by atoms with Crippen LogP contribution in [0.5, 0.6) is 0 Å². The number of alkyl halides is 39. The second-order valence-electron chi connectivity index (χ2n) is 10.8. The molecule has 0 aliphatic rings. The van der Waals surface area contributed by atoms with Crippen LogP contribution in [0.1, 0.15) is 0 Å².